The molecule has 0 radical (unpaired) electrons. The van der Waals surface area contributed by atoms with Crippen LogP contribution in [0.4, 0.5) is 5.69 Å². The lowest BCUT2D eigenvalue weighted by Gasteiger charge is -2.14. The quantitative estimate of drug-likeness (QED) is 0.149. The summed E-state index contributed by atoms with van der Waals surface area (Å²) in [6.07, 6.45) is 1.47. The van der Waals surface area contributed by atoms with Gasteiger partial charge in [0, 0.05) is 14.6 Å². The number of nitrogens with one attached hydrogen (secondary N) is 1. The second-order valence-corrected chi connectivity index (χ2v) is 9.36. The number of hydrogen-bond acceptors (Lipinski definition) is 6. The van der Waals surface area contributed by atoms with Gasteiger partial charge in [-0.25, -0.2) is 4.79 Å². The summed E-state index contributed by atoms with van der Waals surface area (Å²) < 4.78 is 18.3. The molecule has 0 aromatic heterocycles. The molecule has 7 nitrogen and oxygen atoms in total. The first-order chi connectivity index (χ1) is 17.8. The zero-order valence-corrected chi connectivity index (χ0v) is 23.4. The maximum atomic E-state index is 12.8. The Kier molecular flexibility index (Phi) is 10.3. The van der Waals surface area contributed by atoms with Crippen molar-refractivity contribution in [3.63, 3.8) is 0 Å². The van der Waals surface area contributed by atoms with Crippen molar-refractivity contribution in [3.8, 4) is 17.6 Å². The van der Waals surface area contributed by atoms with E-state index in [-0.39, 0.29) is 12.2 Å². The number of amides is 1. The number of nitrogens with zero attached hydrogens (tertiary/aromatic N) is 1. The molecule has 0 unspecified atom stereocenters. The van der Waals surface area contributed by atoms with E-state index in [4.69, 9.17) is 14.2 Å². The van der Waals surface area contributed by atoms with Crippen LogP contribution in [0.5, 0.6) is 11.5 Å². The fourth-order valence-electron chi connectivity index (χ4n) is 3.19. The summed E-state index contributed by atoms with van der Waals surface area (Å²) in [5, 5.41) is 12.3. The second kappa shape index (κ2) is 13.6. The molecular weight excluding hydrogens is 604 g/mol. The first-order valence-corrected chi connectivity index (χ1v) is 13.0. The molecule has 0 aliphatic carbocycles. The highest BCUT2D eigenvalue weighted by Crippen LogP contribution is 2.35. The van der Waals surface area contributed by atoms with Gasteiger partial charge in [-0.1, -0.05) is 44.0 Å². The minimum absolute atomic E-state index is 0.110. The molecule has 0 spiro atoms. The van der Waals surface area contributed by atoms with Gasteiger partial charge in [0.05, 0.1) is 18.8 Å². The number of carbonyl (C=O) groups is 2. The molecule has 0 saturated heterocycles. The third kappa shape index (κ3) is 7.94. The van der Waals surface area contributed by atoms with Gasteiger partial charge < -0.3 is 19.5 Å². The first kappa shape index (κ1) is 28.0. The van der Waals surface area contributed by atoms with Crippen LogP contribution in [0.1, 0.15) is 35.3 Å². The van der Waals surface area contributed by atoms with Gasteiger partial charge in [0.25, 0.3) is 5.91 Å². The summed E-state index contributed by atoms with van der Waals surface area (Å²) in [5.41, 5.74) is 2.25. The SMILES string of the molecule is CCOC(=O)c1ccc(NC(=O)/C(C#N)=C/c2cc(OCC)c(OCc3ccc(Br)cc3)cc2Br)cc1. The highest BCUT2D eigenvalue weighted by atomic mass is 79.9. The summed E-state index contributed by atoms with van der Waals surface area (Å²) >= 11 is 6.92. The Morgan fingerprint density at radius 2 is 1.62 bits per heavy atom. The predicted octanol–water partition coefficient (Wildman–Crippen LogP) is 6.91. The molecule has 1 N–H and O–H groups in total. The van der Waals surface area contributed by atoms with Crippen molar-refractivity contribution in [1.29, 1.82) is 5.26 Å². The maximum absolute atomic E-state index is 12.8. The van der Waals surface area contributed by atoms with E-state index in [1.165, 1.54) is 6.08 Å². The molecule has 3 rings (SSSR count). The van der Waals surface area contributed by atoms with Gasteiger partial charge in [-0.15, -0.1) is 0 Å². The fraction of sp³-hybridized carbons (Fsp3) is 0.179. The van der Waals surface area contributed by atoms with Crippen molar-refractivity contribution in [2.75, 3.05) is 18.5 Å². The molecule has 0 aliphatic rings. The minimum Gasteiger partial charge on any atom is -0.490 e. The van der Waals surface area contributed by atoms with Crippen molar-refractivity contribution in [1.82, 2.24) is 0 Å². The Labute approximate surface area is 232 Å². The van der Waals surface area contributed by atoms with Crippen LogP contribution in [0.15, 0.2) is 75.2 Å². The van der Waals surface area contributed by atoms with Crippen LogP contribution in [0.2, 0.25) is 0 Å². The van der Waals surface area contributed by atoms with Gasteiger partial charge in [0.2, 0.25) is 0 Å². The van der Waals surface area contributed by atoms with Gasteiger partial charge in [-0.3, -0.25) is 4.79 Å². The van der Waals surface area contributed by atoms with E-state index in [2.05, 4.69) is 37.2 Å². The van der Waals surface area contributed by atoms with Crippen LogP contribution < -0.4 is 14.8 Å². The zero-order chi connectivity index (χ0) is 26.8. The Bertz CT molecular complexity index is 1330. The van der Waals surface area contributed by atoms with Crippen LogP contribution in [0.25, 0.3) is 6.08 Å². The van der Waals surface area contributed by atoms with E-state index in [1.807, 2.05) is 37.3 Å². The van der Waals surface area contributed by atoms with Crippen LogP contribution in [-0.2, 0) is 16.1 Å². The summed E-state index contributed by atoms with van der Waals surface area (Å²) in [6.45, 7) is 4.61. The summed E-state index contributed by atoms with van der Waals surface area (Å²) in [6, 6.07) is 19.4. The molecule has 0 fully saturated rings. The highest BCUT2D eigenvalue weighted by molar-refractivity contribution is 9.10. The molecule has 0 atom stereocenters. The van der Waals surface area contributed by atoms with Crippen molar-refractivity contribution < 1.29 is 23.8 Å². The normalized spacial score (nSPS) is 10.8. The molecule has 1 amide bonds. The molecule has 3 aromatic carbocycles. The molecule has 3 aromatic rings. The number of anilines is 1. The Hall–Kier alpha value is -3.61. The third-order valence-electron chi connectivity index (χ3n) is 4.99. The Morgan fingerprint density at radius 1 is 0.946 bits per heavy atom. The minimum atomic E-state index is -0.591. The molecular formula is C28H24Br2N2O5. The highest BCUT2D eigenvalue weighted by Gasteiger charge is 2.15. The van der Waals surface area contributed by atoms with E-state index in [9.17, 15) is 14.9 Å². The lowest BCUT2D eigenvalue weighted by molar-refractivity contribution is -0.112. The molecule has 0 aliphatic heterocycles. The first-order valence-electron chi connectivity index (χ1n) is 11.4. The van der Waals surface area contributed by atoms with E-state index in [1.54, 1.807) is 43.3 Å². The third-order valence-corrected chi connectivity index (χ3v) is 6.20. The predicted molar refractivity (Wildman–Crippen MR) is 148 cm³/mol. The van der Waals surface area contributed by atoms with Crippen LogP contribution in [-0.4, -0.2) is 25.1 Å². The van der Waals surface area contributed by atoms with Crippen molar-refractivity contribution in [2.45, 2.75) is 20.5 Å². The molecule has 37 heavy (non-hydrogen) atoms. The monoisotopic (exact) mass is 626 g/mol. The smallest absolute Gasteiger partial charge is 0.338 e. The molecule has 0 saturated carbocycles. The van der Waals surface area contributed by atoms with Crippen LogP contribution in [0, 0.1) is 11.3 Å². The van der Waals surface area contributed by atoms with Gasteiger partial charge in [0.1, 0.15) is 18.2 Å². The van der Waals surface area contributed by atoms with Gasteiger partial charge in [-0.05, 0) is 79.6 Å². The van der Waals surface area contributed by atoms with Crippen molar-refractivity contribution >= 4 is 55.5 Å². The molecule has 0 heterocycles. The number of carbonyl (C=O) groups excluding carboxylic acids is 2. The van der Waals surface area contributed by atoms with Gasteiger partial charge in [0.15, 0.2) is 11.5 Å². The van der Waals surface area contributed by atoms with Crippen molar-refractivity contribution in [3.05, 3.63) is 91.9 Å². The molecule has 0 bridgehead atoms. The summed E-state index contributed by atoms with van der Waals surface area (Å²) in [4.78, 5) is 24.6. The van der Waals surface area contributed by atoms with Gasteiger partial charge >= 0.3 is 5.97 Å². The number of benzene rings is 3. The molecule has 9 heteroatoms. The number of nitriles is 1. The Balaban J connectivity index is 1.78. The summed E-state index contributed by atoms with van der Waals surface area (Å²) in [7, 11) is 0. The van der Waals surface area contributed by atoms with E-state index >= 15 is 0 Å². The Morgan fingerprint density at radius 3 is 2.24 bits per heavy atom. The topological polar surface area (TPSA) is 97.7 Å². The average molecular weight is 628 g/mol. The average Bonchev–Trinajstić information content (AvgIpc) is 2.89. The lowest BCUT2D eigenvalue weighted by atomic mass is 10.1. The standard InChI is InChI=1S/C28H24Br2N2O5/c1-3-35-25-14-20(24(30)15-26(25)37-17-18-5-9-22(29)10-6-18)13-21(16-31)27(33)32-23-11-7-19(8-12-23)28(34)36-4-2/h5-15H,3-4,17H2,1-2H3,(H,32,33)/b21-13+. The van der Waals surface area contributed by atoms with E-state index in [0.717, 1.165) is 10.0 Å². The van der Waals surface area contributed by atoms with Crippen molar-refractivity contribution in [2.24, 2.45) is 0 Å². The van der Waals surface area contributed by atoms with Crippen LogP contribution in [0.3, 0.4) is 0 Å². The number of esters is 1. The number of halogens is 2. The van der Waals surface area contributed by atoms with E-state index < -0.39 is 11.9 Å². The van der Waals surface area contributed by atoms with Crippen LogP contribution >= 0.6 is 31.9 Å². The molecule has 190 valence electrons. The fourth-order valence-corrected chi connectivity index (χ4v) is 3.89. The number of hydrogen-bond donors (Lipinski definition) is 1. The second-order valence-electron chi connectivity index (χ2n) is 7.59. The zero-order valence-electron chi connectivity index (χ0n) is 20.2. The maximum Gasteiger partial charge on any atom is 0.338 e. The lowest BCUT2D eigenvalue weighted by Crippen LogP contribution is -2.13. The largest absolute Gasteiger partial charge is 0.490 e. The summed E-state index contributed by atoms with van der Waals surface area (Å²) in [5.74, 6) is -0.0243. The number of ether oxygens (including phenoxy) is 3. The number of rotatable bonds is 10. The van der Waals surface area contributed by atoms with E-state index in [0.29, 0.717) is 46.0 Å². The van der Waals surface area contributed by atoms with Gasteiger partial charge in [-0.2, -0.15) is 5.26 Å².